The lowest BCUT2D eigenvalue weighted by Gasteiger charge is -2.11. The molecule has 0 aliphatic heterocycles. The smallest absolute Gasteiger partial charge is 0.423 e. The number of hydrogen-bond acceptors (Lipinski definition) is 13. The van der Waals surface area contributed by atoms with E-state index in [0.29, 0.717) is 22.4 Å². The van der Waals surface area contributed by atoms with Crippen LogP contribution < -0.4 is 27.2 Å². The van der Waals surface area contributed by atoms with Crippen molar-refractivity contribution >= 4 is 116 Å². The molecule has 2 amide bonds. The van der Waals surface area contributed by atoms with Crippen molar-refractivity contribution < 1.29 is 38.8 Å². The van der Waals surface area contributed by atoms with E-state index >= 15 is 0 Å². The van der Waals surface area contributed by atoms with Gasteiger partial charge in [-0.25, -0.2) is 0 Å². The summed E-state index contributed by atoms with van der Waals surface area (Å²) in [4.78, 5) is 99.1. The van der Waals surface area contributed by atoms with Crippen molar-refractivity contribution in [1.82, 2.24) is 9.97 Å². The minimum Gasteiger partial charge on any atom is -0.423 e. The number of aromatic nitrogens is 2. The maximum atomic E-state index is 12.3. The molecule has 0 fully saturated rings. The third-order valence-electron chi connectivity index (χ3n) is 11.1. The Kier molecular flexibility index (Phi) is 25.2. The van der Waals surface area contributed by atoms with E-state index < -0.39 is 7.12 Å². The zero-order valence-electron chi connectivity index (χ0n) is 44.7. The molecule has 0 radical (unpaired) electrons. The number of benzene rings is 6. The first kappa shape index (κ1) is 62.7. The van der Waals surface area contributed by atoms with Crippen LogP contribution >= 0.6 is 35.3 Å². The number of carbonyl (C=O) groups is 6. The lowest BCUT2D eigenvalue weighted by Crippen LogP contribution is -2.29. The van der Waals surface area contributed by atoms with E-state index in [1.165, 1.54) is 63.0 Å². The molecule has 0 bridgehead atoms. The molecule has 2 aromatic heterocycles. The molecule has 402 valence electrons. The minimum atomic E-state index is -1.35. The van der Waals surface area contributed by atoms with Crippen molar-refractivity contribution in [2.45, 2.75) is 52.9 Å². The molecule has 14 nitrogen and oxygen atoms in total. The summed E-state index contributed by atoms with van der Waals surface area (Å²) in [6.07, 6.45) is 5.51. The average molecular weight is 1110 g/mol. The van der Waals surface area contributed by atoms with Crippen molar-refractivity contribution in [3.05, 3.63) is 210 Å². The largest absolute Gasteiger partial charge is 0.488 e. The monoisotopic (exact) mass is 1100 g/mol. The molecule has 6 aromatic carbocycles. The number of para-hydroxylation sites is 4. The summed E-state index contributed by atoms with van der Waals surface area (Å²) in [6, 6.07) is 48.1. The van der Waals surface area contributed by atoms with Gasteiger partial charge in [-0.05, 0) is 108 Å². The number of aromatic amines is 2. The van der Waals surface area contributed by atoms with Gasteiger partial charge in [0.2, 0.25) is 5.91 Å². The SMILES string of the molecule is CC(=O)CC(=O)Nc1ccccc1.CC(=O)c1c(-c2ccc(C)cc2)c2ccccc2[nH]c1=O.CSC(SC)=C(C(C)=O)C(=O)Nc1ccccc1.CSc1c(C(C)=O)c(=O)[nH]c2ccccc12.Cc1ccc(B(O)O)cc1. The Balaban J connectivity index is 0.000000215. The maximum Gasteiger partial charge on any atom is 0.488 e. The number of rotatable bonds is 13. The number of pyridine rings is 2. The van der Waals surface area contributed by atoms with E-state index in [2.05, 4.69) is 20.6 Å². The number of nitrogens with one attached hydrogen (secondary N) is 4. The third kappa shape index (κ3) is 18.7. The maximum absolute atomic E-state index is 12.3. The fourth-order valence-electron chi connectivity index (χ4n) is 7.43. The number of Topliss-reactive ketones (excluding diaryl/α,β-unsaturated/α-hetero) is 4. The molecular weight excluding hydrogens is 1040 g/mol. The molecular formula is C60H61BN4O10S3. The van der Waals surface area contributed by atoms with Crippen molar-refractivity contribution in [2.75, 3.05) is 29.4 Å². The average Bonchev–Trinajstić information content (AvgIpc) is 3.41. The highest BCUT2D eigenvalue weighted by Crippen LogP contribution is 2.31. The van der Waals surface area contributed by atoms with Crippen molar-refractivity contribution in [1.29, 1.82) is 0 Å². The van der Waals surface area contributed by atoms with Crippen LogP contribution in [0.1, 0.15) is 66.0 Å². The first-order valence-corrected chi connectivity index (χ1v) is 27.8. The minimum absolute atomic E-state index is 0.0606. The summed E-state index contributed by atoms with van der Waals surface area (Å²) in [5.41, 5.74) is 7.33. The second-order valence-electron chi connectivity index (χ2n) is 17.2. The number of aryl methyl sites for hydroxylation is 2. The van der Waals surface area contributed by atoms with Gasteiger partial charge in [-0.2, -0.15) is 0 Å². The quantitative estimate of drug-likeness (QED) is 0.0158. The molecule has 6 N–H and O–H groups in total. The Labute approximate surface area is 466 Å². The van der Waals surface area contributed by atoms with Gasteiger partial charge in [-0.15, -0.1) is 35.3 Å². The van der Waals surface area contributed by atoms with E-state index in [0.717, 1.165) is 47.6 Å². The Morgan fingerprint density at radius 2 is 0.974 bits per heavy atom. The predicted octanol–water partition coefficient (Wildman–Crippen LogP) is 10.6. The van der Waals surface area contributed by atoms with Gasteiger partial charge < -0.3 is 30.6 Å². The second-order valence-corrected chi connectivity index (χ2v) is 19.9. The van der Waals surface area contributed by atoms with Gasteiger partial charge in [0, 0.05) is 43.6 Å². The molecule has 0 atom stereocenters. The topological polar surface area (TPSA) is 233 Å². The van der Waals surface area contributed by atoms with E-state index in [9.17, 15) is 38.4 Å². The van der Waals surface area contributed by atoms with Crippen molar-refractivity contribution in [2.24, 2.45) is 0 Å². The summed E-state index contributed by atoms with van der Waals surface area (Å²) in [6.45, 7) is 9.60. The first-order chi connectivity index (χ1) is 37.2. The Morgan fingerprint density at radius 1 is 0.538 bits per heavy atom. The van der Waals surface area contributed by atoms with Gasteiger partial charge in [0.25, 0.3) is 17.0 Å². The molecule has 0 saturated heterocycles. The molecule has 8 rings (SSSR count). The van der Waals surface area contributed by atoms with Gasteiger partial charge in [0.15, 0.2) is 17.3 Å². The van der Waals surface area contributed by atoms with Gasteiger partial charge in [0.1, 0.15) is 11.4 Å². The zero-order chi connectivity index (χ0) is 57.5. The van der Waals surface area contributed by atoms with Crippen molar-refractivity contribution in [3.63, 3.8) is 0 Å². The first-order valence-electron chi connectivity index (χ1n) is 24.1. The molecule has 2 heterocycles. The number of carbonyl (C=O) groups excluding carboxylic acids is 6. The van der Waals surface area contributed by atoms with Crippen LogP contribution in [0.2, 0.25) is 0 Å². The van der Waals surface area contributed by atoms with E-state index in [4.69, 9.17) is 10.0 Å². The highest BCUT2D eigenvalue weighted by atomic mass is 32.2. The number of ketones is 4. The van der Waals surface area contributed by atoms with Gasteiger partial charge in [0.05, 0.1) is 21.8 Å². The summed E-state index contributed by atoms with van der Waals surface area (Å²) < 4.78 is 0.732. The van der Waals surface area contributed by atoms with Crippen molar-refractivity contribution in [3.8, 4) is 11.1 Å². The molecule has 0 aliphatic rings. The fraction of sp³-hybridized carbons (Fsp3) is 0.167. The van der Waals surface area contributed by atoms with Crippen LogP contribution in [0.25, 0.3) is 32.9 Å². The van der Waals surface area contributed by atoms with E-state index in [1.807, 2.05) is 154 Å². The number of H-pyrrole nitrogens is 2. The third-order valence-corrected chi connectivity index (χ3v) is 14.1. The molecule has 78 heavy (non-hydrogen) atoms. The van der Waals surface area contributed by atoms with Crippen LogP contribution in [0, 0.1) is 13.8 Å². The highest BCUT2D eigenvalue weighted by molar-refractivity contribution is 8.21. The fourth-order valence-corrected chi connectivity index (χ4v) is 9.82. The van der Waals surface area contributed by atoms with Gasteiger partial charge in [-0.3, -0.25) is 38.4 Å². The molecule has 0 aliphatic carbocycles. The van der Waals surface area contributed by atoms with Gasteiger partial charge in [-0.1, -0.05) is 132 Å². The van der Waals surface area contributed by atoms with E-state index in [-0.39, 0.29) is 69.2 Å². The summed E-state index contributed by atoms with van der Waals surface area (Å²) in [5.74, 6) is -1.39. The number of fused-ring (bicyclic) bond motifs is 2. The van der Waals surface area contributed by atoms with Crippen LogP contribution in [-0.4, -0.2) is 80.8 Å². The van der Waals surface area contributed by atoms with E-state index in [1.54, 1.807) is 36.4 Å². The zero-order valence-corrected chi connectivity index (χ0v) is 47.1. The lowest BCUT2D eigenvalue weighted by molar-refractivity contribution is -0.124. The lowest BCUT2D eigenvalue weighted by atomic mass is 9.80. The van der Waals surface area contributed by atoms with Crippen LogP contribution in [0.5, 0.6) is 0 Å². The summed E-state index contributed by atoms with van der Waals surface area (Å²) in [7, 11) is -1.35. The number of amides is 2. The van der Waals surface area contributed by atoms with Gasteiger partial charge >= 0.3 is 7.12 Å². The van der Waals surface area contributed by atoms with Crippen LogP contribution in [0.15, 0.2) is 182 Å². The molecule has 0 unspecified atom stereocenters. The second kappa shape index (κ2) is 31.4. The molecule has 18 heteroatoms. The molecule has 0 saturated carbocycles. The number of thioether (sulfide) groups is 3. The Bertz CT molecular complexity index is 3530. The van der Waals surface area contributed by atoms with Crippen LogP contribution in [-0.2, 0) is 19.2 Å². The highest BCUT2D eigenvalue weighted by Gasteiger charge is 2.21. The predicted molar refractivity (Wildman–Crippen MR) is 322 cm³/mol. The Hall–Kier alpha value is -7.87. The number of hydrogen-bond donors (Lipinski definition) is 6. The van der Waals surface area contributed by atoms with Crippen LogP contribution in [0.3, 0.4) is 0 Å². The number of anilines is 2. The molecule has 0 spiro atoms. The normalized spacial score (nSPS) is 10.1. The molecule has 8 aromatic rings. The summed E-state index contributed by atoms with van der Waals surface area (Å²) >= 11 is 4.24. The standard InChI is InChI=1S/C18H15NO2.C13H15NO2S2.C12H11NO2S.C10H11NO2.C7H9BO2/c1-11-7-9-13(10-8-11)17-14-5-3-4-6-15(14)19-18(21)16(17)12(2)20;1-9(15)11(13(17-2)18-3)12(16)14-10-7-5-4-6-8-10;1-7(14)10-11(16-2)8-5-3-4-6-9(8)13-12(10)15;1-8(12)7-10(13)11-9-5-3-2-4-6-9;1-6-2-4-7(5-3-6)8(9)10/h3-10H,1-2H3,(H,19,21);4-8H,1-3H3,(H,14,16);3-6H,1-2H3,(H,13,15);2-6H,7H2,1H3,(H,11,13);2-5,9-10H,1H3. The summed E-state index contributed by atoms with van der Waals surface area (Å²) in [5, 5.41) is 24.5. The van der Waals surface area contributed by atoms with Crippen LogP contribution in [0.4, 0.5) is 11.4 Å². The Morgan fingerprint density at radius 3 is 1.42 bits per heavy atom.